The number of rotatable bonds is 7. The fraction of sp³-hybridized carbons (Fsp3) is 0.533. The van der Waals surface area contributed by atoms with Crippen LogP contribution in [-0.4, -0.2) is 34.1 Å². The van der Waals surface area contributed by atoms with Gasteiger partial charge < -0.3 is 5.32 Å². The van der Waals surface area contributed by atoms with Crippen molar-refractivity contribution in [2.45, 2.75) is 32.4 Å². The minimum absolute atomic E-state index is 0.576. The number of nitrogens with one attached hydrogen (secondary N) is 3. The molecule has 2 aromatic rings. The number of nitrogens with zero attached hydrogens (tertiary/aromatic N) is 3. The summed E-state index contributed by atoms with van der Waals surface area (Å²) in [6.07, 6.45) is 5.93. The lowest BCUT2D eigenvalue weighted by atomic mass is 9.98. The Morgan fingerprint density at radius 3 is 3.00 bits per heavy atom. The Kier molecular flexibility index (Phi) is 5.44. The molecule has 0 aromatic carbocycles. The number of hydrogen-bond acceptors (Lipinski definition) is 7. The smallest absolute Gasteiger partial charge is 0.188 e. The van der Waals surface area contributed by atoms with Crippen molar-refractivity contribution in [1.82, 2.24) is 31.1 Å². The molecule has 22 heavy (non-hydrogen) atoms. The van der Waals surface area contributed by atoms with Gasteiger partial charge in [-0.15, -0.1) is 11.3 Å². The van der Waals surface area contributed by atoms with E-state index >= 15 is 0 Å². The van der Waals surface area contributed by atoms with Crippen LogP contribution in [0.3, 0.4) is 0 Å². The monoisotopic (exact) mass is 318 g/mol. The normalized spacial score (nSPS) is 21.3. The molecule has 1 fully saturated rings. The first-order valence-corrected chi connectivity index (χ1v) is 8.62. The summed E-state index contributed by atoms with van der Waals surface area (Å²) >= 11 is 1.59. The van der Waals surface area contributed by atoms with Crippen molar-refractivity contribution >= 4 is 11.3 Å². The first-order valence-electron chi connectivity index (χ1n) is 7.74. The second-order valence-corrected chi connectivity index (χ2v) is 6.47. The zero-order chi connectivity index (χ0) is 15.2. The maximum atomic E-state index is 4.58. The van der Waals surface area contributed by atoms with E-state index in [0.717, 1.165) is 36.3 Å². The highest BCUT2D eigenvalue weighted by Gasteiger charge is 2.21. The van der Waals surface area contributed by atoms with Crippen LogP contribution in [0.4, 0.5) is 0 Å². The number of aromatic nitrogens is 3. The topological polar surface area (TPSA) is 74.8 Å². The van der Waals surface area contributed by atoms with Crippen molar-refractivity contribution in [3.05, 3.63) is 29.5 Å². The van der Waals surface area contributed by atoms with Crippen molar-refractivity contribution < 1.29 is 0 Å². The first-order chi connectivity index (χ1) is 10.8. The van der Waals surface area contributed by atoms with E-state index in [1.54, 1.807) is 23.7 Å². The molecule has 6 nitrogen and oxygen atoms in total. The first kappa shape index (κ1) is 15.5. The zero-order valence-corrected chi connectivity index (χ0v) is 13.6. The van der Waals surface area contributed by atoms with E-state index in [2.05, 4.69) is 43.4 Å². The summed E-state index contributed by atoms with van der Waals surface area (Å²) in [6, 6.07) is 2.39. The van der Waals surface area contributed by atoms with Crippen LogP contribution in [0.5, 0.6) is 0 Å². The quantitative estimate of drug-likeness (QED) is 0.673. The van der Waals surface area contributed by atoms with Gasteiger partial charge in [0, 0.05) is 36.9 Å². The Hall–Kier alpha value is -1.41. The molecular weight excluding hydrogens is 296 g/mol. The molecule has 0 saturated carbocycles. The summed E-state index contributed by atoms with van der Waals surface area (Å²) in [4.78, 5) is 13.0. The van der Waals surface area contributed by atoms with Crippen LogP contribution in [0.2, 0.25) is 0 Å². The zero-order valence-electron chi connectivity index (χ0n) is 12.7. The summed E-state index contributed by atoms with van der Waals surface area (Å²) in [6.45, 7) is 5.15. The fourth-order valence-electron chi connectivity index (χ4n) is 2.60. The van der Waals surface area contributed by atoms with Crippen LogP contribution in [0.15, 0.2) is 23.8 Å². The molecule has 7 heteroatoms. The molecule has 0 spiro atoms. The largest absolute Gasteiger partial charge is 0.311 e. The van der Waals surface area contributed by atoms with E-state index in [1.165, 1.54) is 12.8 Å². The molecule has 0 amide bonds. The molecule has 3 N–H and O–H groups in total. The van der Waals surface area contributed by atoms with E-state index < -0.39 is 0 Å². The third-order valence-corrected chi connectivity index (χ3v) is 4.83. The molecule has 2 atom stereocenters. The molecule has 0 aliphatic carbocycles. The molecular formula is C15H22N6S. The van der Waals surface area contributed by atoms with Crippen molar-refractivity contribution in [2.75, 3.05) is 13.1 Å². The highest BCUT2D eigenvalue weighted by molar-refractivity contribution is 7.13. The SMILES string of the molecule is CC1NNCC1CCCNCc1csc(-c2ncccn2)n1. The second kappa shape index (κ2) is 7.73. The van der Waals surface area contributed by atoms with Crippen LogP contribution in [0.1, 0.15) is 25.5 Å². The molecule has 1 saturated heterocycles. The Labute approximate surface area is 134 Å². The van der Waals surface area contributed by atoms with Crippen LogP contribution < -0.4 is 16.2 Å². The van der Waals surface area contributed by atoms with Gasteiger partial charge in [-0.2, -0.15) is 0 Å². The van der Waals surface area contributed by atoms with E-state index in [4.69, 9.17) is 0 Å². The minimum Gasteiger partial charge on any atom is -0.311 e. The van der Waals surface area contributed by atoms with Gasteiger partial charge >= 0.3 is 0 Å². The van der Waals surface area contributed by atoms with E-state index in [9.17, 15) is 0 Å². The second-order valence-electron chi connectivity index (χ2n) is 5.61. The van der Waals surface area contributed by atoms with E-state index in [1.807, 2.05) is 6.07 Å². The molecule has 3 rings (SSSR count). The maximum Gasteiger partial charge on any atom is 0.188 e. The van der Waals surface area contributed by atoms with Gasteiger partial charge in [-0.1, -0.05) is 0 Å². The van der Waals surface area contributed by atoms with Crippen molar-refractivity contribution in [1.29, 1.82) is 0 Å². The standard InChI is InChI=1S/C15H22N6S/c1-11-12(8-19-21-11)4-2-5-16-9-13-10-22-15(20-13)14-17-6-3-7-18-14/h3,6-7,10-12,16,19,21H,2,4-5,8-9H2,1H3. The molecule has 0 bridgehead atoms. The minimum atomic E-state index is 0.576. The van der Waals surface area contributed by atoms with Crippen molar-refractivity contribution in [3.63, 3.8) is 0 Å². The predicted molar refractivity (Wildman–Crippen MR) is 88.2 cm³/mol. The summed E-state index contributed by atoms with van der Waals surface area (Å²) in [5, 5.41) is 6.43. The van der Waals surface area contributed by atoms with Gasteiger partial charge in [0.25, 0.3) is 0 Å². The lowest BCUT2D eigenvalue weighted by molar-refractivity contribution is 0.438. The highest BCUT2D eigenvalue weighted by atomic mass is 32.1. The summed E-state index contributed by atoms with van der Waals surface area (Å²) in [5.41, 5.74) is 7.54. The molecule has 0 radical (unpaired) electrons. The third-order valence-electron chi connectivity index (χ3n) is 3.94. The van der Waals surface area contributed by atoms with Crippen LogP contribution in [0.25, 0.3) is 10.8 Å². The molecule has 1 aliphatic rings. The average molecular weight is 318 g/mol. The predicted octanol–water partition coefficient (Wildman–Crippen LogP) is 1.58. The third kappa shape index (κ3) is 4.07. The average Bonchev–Trinajstić information content (AvgIpc) is 3.17. The Bertz CT molecular complexity index is 572. The summed E-state index contributed by atoms with van der Waals surface area (Å²) in [7, 11) is 0. The number of hydrazine groups is 1. The number of thiazole rings is 1. The summed E-state index contributed by atoms with van der Waals surface area (Å²) < 4.78 is 0. The van der Waals surface area contributed by atoms with Gasteiger partial charge in [-0.3, -0.25) is 10.9 Å². The lowest BCUT2D eigenvalue weighted by Crippen LogP contribution is -2.28. The Morgan fingerprint density at radius 1 is 1.36 bits per heavy atom. The lowest BCUT2D eigenvalue weighted by Gasteiger charge is -2.13. The molecule has 118 valence electrons. The van der Waals surface area contributed by atoms with E-state index in [0.29, 0.717) is 11.9 Å². The van der Waals surface area contributed by atoms with Gasteiger partial charge in [-0.05, 0) is 38.3 Å². The van der Waals surface area contributed by atoms with Crippen LogP contribution in [0, 0.1) is 5.92 Å². The van der Waals surface area contributed by atoms with Gasteiger partial charge in [0.15, 0.2) is 10.8 Å². The maximum absolute atomic E-state index is 4.58. The fourth-order valence-corrected chi connectivity index (χ4v) is 3.37. The molecule has 3 heterocycles. The molecule has 2 aromatic heterocycles. The Balaban J connectivity index is 1.38. The van der Waals surface area contributed by atoms with Crippen LogP contribution in [-0.2, 0) is 6.54 Å². The van der Waals surface area contributed by atoms with Gasteiger partial charge in [-0.25, -0.2) is 15.0 Å². The van der Waals surface area contributed by atoms with E-state index in [-0.39, 0.29) is 0 Å². The Morgan fingerprint density at radius 2 is 2.23 bits per heavy atom. The van der Waals surface area contributed by atoms with Gasteiger partial charge in [0.1, 0.15) is 0 Å². The molecule has 2 unspecified atom stereocenters. The highest BCUT2D eigenvalue weighted by Crippen LogP contribution is 2.19. The van der Waals surface area contributed by atoms with Crippen LogP contribution >= 0.6 is 11.3 Å². The van der Waals surface area contributed by atoms with Crippen molar-refractivity contribution in [3.8, 4) is 10.8 Å². The van der Waals surface area contributed by atoms with Gasteiger partial charge in [0.05, 0.1) is 5.69 Å². The van der Waals surface area contributed by atoms with Crippen molar-refractivity contribution in [2.24, 2.45) is 5.92 Å². The molecule has 1 aliphatic heterocycles. The van der Waals surface area contributed by atoms with Gasteiger partial charge in [0.2, 0.25) is 0 Å². The summed E-state index contributed by atoms with van der Waals surface area (Å²) in [5.74, 6) is 1.44. The number of hydrogen-bond donors (Lipinski definition) is 3.